The number of rotatable bonds is 9. The number of aryl methyl sites for hydroxylation is 2. The second kappa shape index (κ2) is 10.3. The molecule has 152 valence electrons. The maximum absolute atomic E-state index is 11.7. The summed E-state index contributed by atoms with van der Waals surface area (Å²) in [5.41, 5.74) is 16.5. The molecule has 0 radical (unpaired) electrons. The van der Waals surface area contributed by atoms with Crippen molar-refractivity contribution >= 4 is 5.97 Å². The van der Waals surface area contributed by atoms with Crippen LogP contribution in [0.5, 0.6) is 0 Å². The third-order valence-electron chi connectivity index (χ3n) is 4.73. The summed E-state index contributed by atoms with van der Waals surface area (Å²) in [6.07, 6.45) is 2.04. The van der Waals surface area contributed by atoms with Crippen molar-refractivity contribution < 1.29 is 9.63 Å². The zero-order valence-electron chi connectivity index (χ0n) is 17.8. The molecule has 0 atom stereocenters. The Hall–Kier alpha value is -2.24. The van der Waals surface area contributed by atoms with Crippen molar-refractivity contribution in [2.24, 2.45) is 11.7 Å². The minimum atomic E-state index is -0.250. The molecule has 0 unspecified atom stereocenters. The fourth-order valence-corrected chi connectivity index (χ4v) is 3.35. The summed E-state index contributed by atoms with van der Waals surface area (Å²) in [7, 11) is 0. The van der Waals surface area contributed by atoms with Gasteiger partial charge >= 0.3 is 5.97 Å². The zero-order valence-corrected chi connectivity index (χ0v) is 17.8. The summed E-state index contributed by atoms with van der Waals surface area (Å²) in [6, 6.07) is 8.45. The number of nitrogens with two attached hydrogens (primary N) is 1. The molecular weight excluding hydrogens is 350 g/mol. The van der Waals surface area contributed by atoms with Gasteiger partial charge in [0.15, 0.2) is 0 Å². The molecular formula is C23H33N3O2. The molecule has 0 saturated heterocycles. The van der Waals surface area contributed by atoms with Crippen molar-refractivity contribution in [3.05, 3.63) is 52.3 Å². The van der Waals surface area contributed by atoms with Crippen LogP contribution in [0.15, 0.2) is 24.3 Å². The van der Waals surface area contributed by atoms with Crippen LogP contribution in [0.2, 0.25) is 0 Å². The van der Waals surface area contributed by atoms with E-state index in [0.29, 0.717) is 25.4 Å². The number of hydroxylamine groups is 1. The summed E-state index contributed by atoms with van der Waals surface area (Å²) in [4.78, 5) is 21.7. The summed E-state index contributed by atoms with van der Waals surface area (Å²) in [5.74, 6) is 0.238. The van der Waals surface area contributed by atoms with Crippen molar-refractivity contribution in [1.29, 1.82) is 0 Å². The molecule has 0 amide bonds. The highest BCUT2D eigenvalue weighted by Gasteiger charge is 2.19. The lowest BCUT2D eigenvalue weighted by molar-refractivity contribution is -0.151. The van der Waals surface area contributed by atoms with Crippen LogP contribution in [0.3, 0.4) is 0 Å². The second-order valence-electron chi connectivity index (χ2n) is 7.69. The Balaban J connectivity index is 2.49. The van der Waals surface area contributed by atoms with Crippen molar-refractivity contribution in [1.82, 2.24) is 10.5 Å². The van der Waals surface area contributed by atoms with Gasteiger partial charge in [-0.25, -0.2) is 0 Å². The number of nitrogens with one attached hydrogen (secondary N) is 1. The van der Waals surface area contributed by atoms with Crippen molar-refractivity contribution in [3.63, 3.8) is 0 Å². The molecule has 5 nitrogen and oxygen atoms in total. The molecule has 0 aliphatic heterocycles. The smallest absolute Gasteiger partial charge is 0.324 e. The first-order valence-electron chi connectivity index (χ1n) is 10.1. The zero-order chi connectivity index (χ0) is 20.7. The van der Waals surface area contributed by atoms with E-state index in [1.807, 2.05) is 13.8 Å². The number of benzene rings is 1. The quantitative estimate of drug-likeness (QED) is 0.629. The van der Waals surface area contributed by atoms with Gasteiger partial charge in [0.1, 0.15) is 0 Å². The molecule has 5 heteroatoms. The topological polar surface area (TPSA) is 77.2 Å². The average molecular weight is 384 g/mol. The number of hydrogen-bond acceptors (Lipinski definition) is 5. The molecule has 0 fully saturated rings. The number of carbonyl (C=O) groups excluding carboxylic acids is 1. The van der Waals surface area contributed by atoms with E-state index in [0.717, 1.165) is 46.5 Å². The van der Waals surface area contributed by atoms with E-state index in [-0.39, 0.29) is 5.97 Å². The Bertz CT molecular complexity index is 798. The van der Waals surface area contributed by atoms with Crippen molar-refractivity contribution in [2.45, 2.75) is 67.0 Å². The van der Waals surface area contributed by atoms with Gasteiger partial charge in [-0.05, 0) is 54.9 Å². The number of hydrogen-bond donors (Lipinski definition) is 2. The Morgan fingerprint density at radius 1 is 1.18 bits per heavy atom. The minimum Gasteiger partial charge on any atom is -0.370 e. The summed E-state index contributed by atoms with van der Waals surface area (Å²) in [6.45, 7) is 11.2. The van der Waals surface area contributed by atoms with Crippen LogP contribution in [-0.4, -0.2) is 11.0 Å². The van der Waals surface area contributed by atoms with Crippen LogP contribution in [0.1, 0.15) is 61.7 Å². The normalized spacial score (nSPS) is 11.1. The van der Waals surface area contributed by atoms with Gasteiger partial charge < -0.3 is 10.6 Å². The van der Waals surface area contributed by atoms with E-state index >= 15 is 0 Å². The summed E-state index contributed by atoms with van der Waals surface area (Å²) >= 11 is 0. The third kappa shape index (κ3) is 5.63. The van der Waals surface area contributed by atoms with Crippen LogP contribution in [0, 0.1) is 19.8 Å². The number of pyridine rings is 1. The number of aromatic nitrogens is 1. The molecule has 2 rings (SSSR count). The molecule has 0 aliphatic carbocycles. The number of nitrogens with zero attached hydrogens (tertiary/aromatic N) is 1. The first-order chi connectivity index (χ1) is 13.4. The molecule has 0 bridgehead atoms. The Morgan fingerprint density at radius 3 is 2.43 bits per heavy atom. The second-order valence-corrected chi connectivity index (χ2v) is 7.69. The highest BCUT2D eigenvalue weighted by Crippen LogP contribution is 2.32. The molecule has 0 spiro atoms. The average Bonchev–Trinajstić information content (AvgIpc) is 2.63. The summed E-state index contributed by atoms with van der Waals surface area (Å²) in [5, 5.41) is 0. The van der Waals surface area contributed by atoms with Crippen LogP contribution in [0.4, 0.5) is 0 Å². The lowest BCUT2D eigenvalue weighted by Gasteiger charge is -2.21. The Labute approximate surface area is 168 Å². The largest absolute Gasteiger partial charge is 0.370 e. The van der Waals surface area contributed by atoms with Gasteiger partial charge in [0, 0.05) is 24.4 Å². The highest BCUT2D eigenvalue weighted by atomic mass is 16.7. The van der Waals surface area contributed by atoms with E-state index in [2.05, 4.69) is 50.5 Å². The van der Waals surface area contributed by atoms with E-state index in [1.165, 1.54) is 5.56 Å². The lowest BCUT2D eigenvalue weighted by atomic mass is 9.90. The van der Waals surface area contributed by atoms with E-state index in [9.17, 15) is 4.79 Å². The van der Waals surface area contributed by atoms with Crippen LogP contribution in [0.25, 0.3) is 11.1 Å². The third-order valence-corrected chi connectivity index (χ3v) is 4.73. The Kier molecular flexibility index (Phi) is 8.15. The molecule has 0 saturated carbocycles. The van der Waals surface area contributed by atoms with E-state index in [1.54, 1.807) is 0 Å². The predicted octanol–water partition coefficient (Wildman–Crippen LogP) is 4.37. The first-order valence-corrected chi connectivity index (χ1v) is 10.1. The Morgan fingerprint density at radius 2 is 1.86 bits per heavy atom. The molecule has 1 aromatic carbocycles. The molecule has 28 heavy (non-hydrogen) atoms. The molecule has 3 N–H and O–H groups in total. The van der Waals surface area contributed by atoms with E-state index in [4.69, 9.17) is 15.6 Å². The molecule has 0 aliphatic rings. The van der Waals surface area contributed by atoms with Crippen LogP contribution in [-0.2, 0) is 29.1 Å². The lowest BCUT2D eigenvalue weighted by Crippen LogP contribution is -2.22. The maximum atomic E-state index is 11.7. The maximum Gasteiger partial charge on any atom is 0.324 e. The summed E-state index contributed by atoms with van der Waals surface area (Å²) < 4.78 is 0. The van der Waals surface area contributed by atoms with Gasteiger partial charge in [-0.3, -0.25) is 9.78 Å². The molecule has 1 aromatic heterocycles. The van der Waals surface area contributed by atoms with Gasteiger partial charge in [-0.1, -0.05) is 50.6 Å². The van der Waals surface area contributed by atoms with E-state index < -0.39 is 0 Å². The monoisotopic (exact) mass is 383 g/mol. The standard InChI is InChI=1S/C23H33N3O2/c1-6-7-22(27)28-25-14-20-17(5)26-21(12-15(2)3)19(13-24)23(20)18-10-8-16(4)9-11-18/h8-11,15,25H,6-7,12-14,24H2,1-5H3. The van der Waals surface area contributed by atoms with Gasteiger partial charge in [-0.2, -0.15) is 0 Å². The number of carbonyl (C=O) groups is 1. The van der Waals surface area contributed by atoms with Gasteiger partial charge in [0.05, 0.1) is 6.54 Å². The fourth-order valence-electron chi connectivity index (χ4n) is 3.35. The van der Waals surface area contributed by atoms with Gasteiger partial charge in [0.2, 0.25) is 0 Å². The minimum absolute atomic E-state index is 0.250. The fraction of sp³-hybridized carbons (Fsp3) is 0.478. The van der Waals surface area contributed by atoms with Gasteiger partial charge in [-0.15, -0.1) is 5.48 Å². The predicted molar refractivity (Wildman–Crippen MR) is 113 cm³/mol. The van der Waals surface area contributed by atoms with Gasteiger partial charge in [0.25, 0.3) is 0 Å². The SMILES string of the molecule is CCCC(=O)ONCc1c(C)nc(CC(C)C)c(CN)c1-c1ccc(C)cc1. The van der Waals surface area contributed by atoms with Crippen molar-refractivity contribution in [2.75, 3.05) is 0 Å². The first kappa shape index (κ1) is 22.1. The highest BCUT2D eigenvalue weighted by molar-refractivity contribution is 5.73. The van der Waals surface area contributed by atoms with Crippen molar-refractivity contribution in [3.8, 4) is 11.1 Å². The van der Waals surface area contributed by atoms with Crippen LogP contribution >= 0.6 is 0 Å². The van der Waals surface area contributed by atoms with Crippen LogP contribution < -0.4 is 11.2 Å². The molecule has 2 aromatic rings. The molecule has 1 heterocycles.